The van der Waals surface area contributed by atoms with Crippen LogP contribution in [0, 0.1) is 5.92 Å². The lowest BCUT2D eigenvalue weighted by atomic mass is 9.93. The molecule has 0 bridgehead atoms. The topological polar surface area (TPSA) is 99.2 Å². The van der Waals surface area contributed by atoms with Crippen LogP contribution >= 0.6 is 11.8 Å². The highest BCUT2D eigenvalue weighted by molar-refractivity contribution is 7.99. The van der Waals surface area contributed by atoms with Crippen molar-refractivity contribution in [3.63, 3.8) is 0 Å². The van der Waals surface area contributed by atoms with E-state index in [1.54, 1.807) is 18.7 Å². The minimum Gasteiger partial charge on any atom is -0.493 e. The van der Waals surface area contributed by atoms with Crippen LogP contribution in [0.1, 0.15) is 31.7 Å². The van der Waals surface area contributed by atoms with Crippen molar-refractivity contribution >= 4 is 34.7 Å². The Labute approximate surface area is 185 Å². The summed E-state index contributed by atoms with van der Waals surface area (Å²) in [6.07, 6.45) is 5.54. The number of ether oxygens (including phenoxy) is 1. The molecule has 0 aliphatic carbocycles. The Balaban J connectivity index is 1.38. The van der Waals surface area contributed by atoms with Gasteiger partial charge in [-0.25, -0.2) is 15.0 Å². The number of likely N-dealkylation sites (tertiary alicyclic amines) is 1. The molecule has 3 aromatic rings. The first-order valence-electron chi connectivity index (χ1n) is 10.7. The molecule has 1 saturated heterocycles. The summed E-state index contributed by atoms with van der Waals surface area (Å²) in [7, 11) is 0. The largest absolute Gasteiger partial charge is 0.493 e. The standard InChI is InChI=1S/C22H26N6O2S/c1-14(29)27-8-4-15(5-9-27)6-10-28-21-19(20(23)24-13-25-21)26-22(28)31-17-2-3-18-16(12-17)7-11-30-18/h2-3,12-13,15H,4-11H2,1H3,(H2,23,24,25). The summed E-state index contributed by atoms with van der Waals surface area (Å²) < 4.78 is 7.80. The zero-order chi connectivity index (χ0) is 21.4. The summed E-state index contributed by atoms with van der Waals surface area (Å²) in [6, 6.07) is 6.29. The van der Waals surface area contributed by atoms with E-state index in [0.717, 1.165) is 73.4 Å². The highest BCUT2D eigenvalue weighted by Gasteiger charge is 2.23. The zero-order valence-electron chi connectivity index (χ0n) is 17.6. The molecule has 4 heterocycles. The molecule has 2 aliphatic rings. The van der Waals surface area contributed by atoms with Crippen molar-refractivity contribution in [3.8, 4) is 5.75 Å². The van der Waals surface area contributed by atoms with Crippen molar-refractivity contribution in [3.05, 3.63) is 30.1 Å². The molecule has 162 valence electrons. The number of rotatable bonds is 5. The first kappa shape index (κ1) is 20.1. The summed E-state index contributed by atoms with van der Waals surface area (Å²) in [6.45, 7) is 4.90. The molecule has 0 spiro atoms. The van der Waals surface area contributed by atoms with Gasteiger partial charge in [-0.15, -0.1) is 0 Å². The van der Waals surface area contributed by atoms with Gasteiger partial charge in [-0.2, -0.15) is 0 Å². The summed E-state index contributed by atoms with van der Waals surface area (Å²) in [5, 5.41) is 0.877. The van der Waals surface area contributed by atoms with Crippen LogP contribution in [0.15, 0.2) is 34.6 Å². The number of hydrogen-bond acceptors (Lipinski definition) is 7. The van der Waals surface area contributed by atoms with E-state index in [-0.39, 0.29) is 5.91 Å². The van der Waals surface area contributed by atoms with Crippen molar-refractivity contribution in [2.45, 2.75) is 49.2 Å². The Morgan fingerprint density at radius 1 is 1.29 bits per heavy atom. The molecule has 0 unspecified atom stereocenters. The third-order valence-corrected chi connectivity index (χ3v) is 7.20. The van der Waals surface area contributed by atoms with Gasteiger partial charge in [0.05, 0.1) is 6.61 Å². The van der Waals surface area contributed by atoms with Crippen LogP contribution in [0.2, 0.25) is 0 Å². The number of carbonyl (C=O) groups is 1. The normalized spacial score (nSPS) is 16.5. The third-order valence-electron chi connectivity index (χ3n) is 6.22. The number of nitrogens with two attached hydrogens (primary N) is 1. The number of anilines is 1. The summed E-state index contributed by atoms with van der Waals surface area (Å²) in [5.74, 6) is 2.14. The van der Waals surface area contributed by atoms with Crippen LogP contribution in [0.5, 0.6) is 5.75 Å². The van der Waals surface area contributed by atoms with Gasteiger partial charge in [-0.05, 0) is 48.9 Å². The summed E-state index contributed by atoms with van der Waals surface area (Å²) in [4.78, 5) is 28.1. The van der Waals surface area contributed by atoms with Gasteiger partial charge < -0.3 is 19.9 Å². The molecular weight excluding hydrogens is 412 g/mol. The predicted molar refractivity (Wildman–Crippen MR) is 119 cm³/mol. The van der Waals surface area contributed by atoms with Gasteiger partial charge in [-0.3, -0.25) is 4.79 Å². The van der Waals surface area contributed by atoms with E-state index in [0.29, 0.717) is 17.3 Å². The van der Waals surface area contributed by atoms with Crippen molar-refractivity contribution in [2.24, 2.45) is 5.92 Å². The van der Waals surface area contributed by atoms with Crippen LogP contribution in [0.25, 0.3) is 11.2 Å². The SMILES string of the molecule is CC(=O)N1CCC(CCn2c(Sc3ccc4c(c3)CCO4)nc3c(N)ncnc32)CC1. The van der Waals surface area contributed by atoms with Gasteiger partial charge in [0.15, 0.2) is 22.1 Å². The molecule has 1 aromatic carbocycles. The van der Waals surface area contributed by atoms with Crippen molar-refractivity contribution in [2.75, 3.05) is 25.4 Å². The number of hydrogen-bond donors (Lipinski definition) is 1. The van der Waals surface area contributed by atoms with Gasteiger partial charge in [-0.1, -0.05) is 11.8 Å². The highest BCUT2D eigenvalue weighted by Crippen LogP contribution is 2.35. The highest BCUT2D eigenvalue weighted by atomic mass is 32.2. The van der Waals surface area contributed by atoms with Crippen molar-refractivity contribution in [1.29, 1.82) is 0 Å². The van der Waals surface area contributed by atoms with E-state index in [9.17, 15) is 4.79 Å². The molecule has 1 fully saturated rings. The number of carbonyl (C=O) groups excluding carboxylic acids is 1. The molecule has 1 amide bonds. The van der Waals surface area contributed by atoms with Crippen molar-refractivity contribution < 1.29 is 9.53 Å². The van der Waals surface area contributed by atoms with Gasteiger partial charge in [0, 0.05) is 37.9 Å². The number of amides is 1. The maximum absolute atomic E-state index is 11.6. The average molecular weight is 439 g/mol. The average Bonchev–Trinajstić information content (AvgIpc) is 3.37. The zero-order valence-corrected chi connectivity index (χ0v) is 18.4. The first-order chi connectivity index (χ1) is 15.1. The predicted octanol–water partition coefficient (Wildman–Crippen LogP) is 3.14. The quantitative estimate of drug-likeness (QED) is 0.653. The maximum atomic E-state index is 11.6. The van der Waals surface area contributed by atoms with Crippen LogP contribution in [0.3, 0.4) is 0 Å². The van der Waals surface area contributed by atoms with E-state index in [1.807, 2.05) is 11.0 Å². The van der Waals surface area contributed by atoms with Crippen LogP contribution in [-0.4, -0.2) is 50.0 Å². The molecule has 8 nitrogen and oxygen atoms in total. The summed E-state index contributed by atoms with van der Waals surface area (Å²) >= 11 is 1.63. The minimum atomic E-state index is 0.171. The molecule has 0 saturated carbocycles. The number of piperidine rings is 1. The van der Waals surface area contributed by atoms with Gasteiger partial charge in [0.25, 0.3) is 0 Å². The Morgan fingerprint density at radius 2 is 2.13 bits per heavy atom. The first-order valence-corrected chi connectivity index (χ1v) is 11.6. The van der Waals surface area contributed by atoms with E-state index in [2.05, 4.69) is 26.7 Å². The minimum absolute atomic E-state index is 0.171. The number of aryl methyl sites for hydroxylation is 1. The van der Waals surface area contributed by atoms with E-state index < -0.39 is 0 Å². The second-order valence-corrected chi connectivity index (χ2v) is 9.23. The third kappa shape index (κ3) is 4.06. The van der Waals surface area contributed by atoms with Crippen molar-refractivity contribution in [1.82, 2.24) is 24.4 Å². The number of imidazole rings is 1. The fourth-order valence-electron chi connectivity index (χ4n) is 4.39. The van der Waals surface area contributed by atoms with Gasteiger partial charge >= 0.3 is 0 Å². The van der Waals surface area contributed by atoms with E-state index >= 15 is 0 Å². The van der Waals surface area contributed by atoms with Crippen LogP contribution in [-0.2, 0) is 17.8 Å². The number of fused-ring (bicyclic) bond motifs is 2. The Bertz CT molecular complexity index is 1120. The molecular formula is C22H26N6O2S. The molecule has 2 N–H and O–H groups in total. The molecule has 9 heteroatoms. The lowest BCUT2D eigenvalue weighted by Gasteiger charge is -2.31. The fourth-order valence-corrected chi connectivity index (χ4v) is 5.37. The second kappa shape index (κ2) is 8.37. The fraction of sp³-hybridized carbons (Fsp3) is 0.455. The molecule has 31 heavy (non-hydrogen) atoms. The number of aromatic nitrogens is 4. The molecule has 0 atom stereocenters. The lowest BCUT2D eigenvalue weighted by molar-refractivity contribution is -0.130. The van der Waals surface area contributed by atoms with Gasteiger partial charge in [0.1, 0.15) is 12.1 Å². The van der Waals surface area contributed by atoms with Crippen LogP contribution in [0.4, 0.5) is 5.82 Å². The Kier molecular flexibility index (Phi) is 5.43. The maximum Gasteiger partial charge on any atom is 0.219 e. The molecule has 0 radical (unpaired) electrons. The van der Waals surface area contributed by atoms with Gasteiger partial charge in [0.2, 0.25) is 5.91 Å². The summed E-state index contributed by atoms with van der Waals surface area (Å²) in [5.41, 5.74) is 8.77. The number of benzene rings is 1. The molecule has 2 aliphatic heterocycles. The molecule has 2 aromatic heterocycles. The molecule has 5 rings (SSSR count). The van der Waals surface area contributed by atoms with E-state index in [4.69, 9.17) is 15.5 Å². The second-order valence-electron chi connectivity index (χ2n) is 8.19. The Morgan fingerprint density at radius 3 is 2.94 bits per heavy atom. The number of nitrogen functional groups attached to an aromatic ring is 1. The Hall–Kier alpha value is -2.81. The smallest absolute Gasteiger partial charge is 0.219 e. The van der Waals surface area contributed by atoms with E-state index in [1.165, 1.54) is 11.9 Å². The van der Waals surface area contributed by atoms with Crippen LogP contribution < -0.4 is 10.5 Å². The number of nitrogens with zero attached hydrogens (tertiary/aromatic N) is 5. The monoisotopic (exact) mass is 438 g/mol. The lowest BCUT2D eigenvalue weighted by Crippen LogP contribution is -2.37.